The number of H-pyrrole nitrogens is 1. The minimum atomic E-state index is -0.331. The van der Waals surface area contributed by atoms with Crippen LogP contribution in [0.5, 0.6) is 0 Å². The lowest BCUT2D eigenvalue weighted by Gasteiger charge is -2.18. The van der Waals surface area contributed by atoms with Gasteiger partial charge in [0.05, 0.1) is 0 Å². The van der Waals surface area contributed by atoms with Gasteiger partial charge in [-0.3, -0.25) is 14.3 Å². The van der Waals surface area contributed by atoms with Gasteiger partial charge in [-0.15, -0.1) is 0 Å². The van der Waals surface area contributed by atoms with Crippen molar-refractivity contribution in [2.75, 3.05) is 19.6 Å². The lowest BCUT2D eigenvalue weighted by molar-refractivity contribution is 0.288. The molecule has 0 bridgehead atoms. The van der Waals surface area contributed by atoms with Gasteiger partial charge < -0.3 is 4.90 Å². The summed E-state index contributed by atoms with van der Waals surface area (Å²) in [6, 6.07) is 0. The Hall–Kier alpha value is -1.36. The summed E-state index contributed by atoms with van der Waals surface area (Å²) in [5.74, 6) is 0. The predicted octanol–water partition coefficient (Wildman–Crippen LogP) is 0.187. The smallest absolute Gasteiger partial charge is 0.302 e. The van der Waals surface area contributed by atoms with Crippen LogP contribution in [0.2, 0.25) is 0 Å². The van der Waals surface area contributed by atoms with E-state index in [1.807, 2.05) is 0 Å². The van der Waals surface area contributed by atoms with Crippen molar-refractivity contribution in [3.63, 3.8) is 0 Å². The van der Waals surface area contributed by atoms with Crippen molar-refractivity contribution in [3.05, 3.63) is 32.6 Å². The van der Waals surface area contributed by atoms with E-state index >= 15 is 0 Å². The molecular weight excluding hydrogens is 206 g/mol. The number of aromatic amines is 1. The molecule has 1 aromatic heterocycles. The minimum Gasteiger partial charge on any atom is -0.302 e. The van der Waals surface area contributed by atoms with Gasteiger partial charge in [-0.1, -0.05) is 13.8 Å². The summed E-state index contributed by atoms with van der Waals surface area (Å²) >= 11 is 0. The van der Waals surface area contributed by atoms with Crippen molar-refractivity contribution in [2.24, 2.45) is 0 Å². The molecule has 1 rings (SSSR count). The fraction of sp³-hybridized carbons (Fsp3) is 0.636. The number of nitrogens with one attached hydrogen (secondary N) is 1. The Balaban J connectivity index is 2.78. The Bertz CT molecular complexity index is 443. The number of hydrogen-bond acceptors (Lipinski definition) is 3. The van der Waals surface area contributed by atoms with Crippen molar-refractivity contribution in [2.45, 2.75) is 27.3 Å². The van der Waals surface area contributed by atoms with Crippen LogP contribution >= 0.6 is 0 Å². The van der Waals surface area contributed by atoms with E-state index in [0.29, 0.717) is 12.1 Å². The highest BCUT2D eigenvalue weighted by Gasteiger charge is 2.03. The Morgan fingerprint density at radius 1 is 1.31 bits per heavy atom. The summed E-state index contributed by atoms with van der Waals surface area (Å²) in [5, 5.41) is 0. The Labute approximate surface area is 94.7 Å². The van der Waals surface area contributed by atoms with Crippen LogP contribution in [-0.2, 0) is 6.54 Å². The maximum Gasteiger partial charge on any atom is 0.328 e. The molecule has 0 amide bonds. The molecule has 0 unspecified atom stereocenters. The van der Waals surface area contributed by atoms with E-state index in [-0.39, 0.29) is 11.2 Å². The lowest BCUT2D eigenvalue weighted by atomic mass is 10.4. The predicted molar refractivity (Wildman–Crippen MR) is 63.8 cm³/mol. The maximum absolute atomic E-state index is 11.5. The highest BCUT2D eigenvalue weighted by Crippen LogP contribution is 1.90. The van der Waals surface area contributed by atoms with Gasteiger partial charge in [-0.25, -0.2) is 4.79 Å². The van der Waals surface area contributed by atoms with Gasteiger partial charge >= 0.3 is 5.69 Å². The third kappa shape index (κ3) is 3.06. The molecule has 1 N–H and O–H groups in total. The third-order valence-electron chi connectivity index (χ3n) is 2.74. The molecule has 0 spiro atoms. The maximum atomic E-state index is 11.5. The summed E-state index contributed by atoms with van der Waals surface area (Å²) in [4.78, 5) is 27.2. The fourth-order valence-electron chi connectivity index (χ4n) is 1.57. The minimum absolute atomic E-state index is 0.302. The summed E-state index contributed by atoms with van der Waals surface area (Å²) < 4.78 is 1.55. The normalized spacial score (nSPS) is 11.0. The molecule has 5 heteroatoms. The molecular formula is C11H19N3O2. The zero-order valence-electron chi connectivity index (χ0n) is 10.1. The molecule has 90 valence electrons. The molecule has 1 heterocycles. The highest BCUT2D eigenvalue weighted by atomic mass is 16.2. The van der Waals surface area contributed by atoms with Crippen molar-refractivity contribution >= 4 is 0 Å². The van der Waals surface area contributed by atoms with Crippen LogP contribution in [0.25, 0.3) is 0 Å². The number of hydrogen-bond donors (Lipinski definition) is 1. The van der Waals surface area contributed by atoms with Gasteiger partial charge in [-0.05, 0) is 20.0 Å². The summed E-state index contributed by atoms with van der Waals surface area (Å²) in [6.07, 6.45) is 1.62. The van der Waals surface area contributed by atoms with Crippen LogP contribution in [0.1, 0.15) is 19.4 Å². The number of rotatable bonds is 5. The number of aryl methyl sites for hydroxylation is 1. The van der Waals surface area contributed by atoms with Crippen LogP contribution in [0.3, 0.4) is 0 Å². The molecule has 0 saturated carbocycles. The molecule has 0 fully saturated rings. The SMILES string of the molecule is CCN(CC)CCn1cc(C)c(=O)[nH]c1=O. The summed E-state index contributed by atoms with van der Waals surface area (Å²) in [5.41, 5.74) is -0.0639. The van der Waals surface area contributed by atoms with Crippen LogP contribution in [0, 0.1) is 6.92 Å². The molecule has 16 heavy (non-hydrogen) atoms. The monoisotopic (exact) mass is 225 g/mol. The van der Waals surface area contributed by atoms with E-state index < -0.39 is 0 Å². The first-order chi connectivity index (χ1) is 7.58. The second-order valence-corrected chi connectivity index (χ2v) is 3.79. The molecule has 0 aliphatic carbocycles. The molecule has 0 aromatic carbocycles. The molecule has 0 aliphatic heterocycles. The fourth-order valence-corrected chi connectivity index (χ4v) is 1.57. The quantitative estimate of drug-likeness (QED) is 0.778. The summed E-state index contributed by atoms with van der Waals surface area (Å²) in [6.45, 7) is 9.23. The van der Waals surface area contributed by atoms with Crippen molar-refractivity contribution < 1.29 is 0 Å². The van der Waals surface area contributed by atoms with Crippen LogP contribution in [0.15, 0.2) is 15.8 Å². The first-order valence-electron chi connectivity index (χ1n) is 5.61. The Morgan fingerprint density at radius 3 is 2.50 bits per heavy atom. The first kappa shape index (κ1) is 12.7. The van der Waals surface area contributed by atoms with Gasteiger partial charge in [0, 0.05) is 24.8 Å². The third-order valence-corrected chi connectivity index (χ3v) is 2.74. The van der Waals surface area contributed by atoms with Crippen molar-refractivity contribution in [3.8, 4) is 0 Å². The number of nitrogens with zero attached hydrogens (tertiary/aromatic N) is 2. The second-order valence-electron chi connectivity index (χ2n) is 3.79. The van der Waals surface area contributed by atoms with Crippen LogP contribution in [-0.4, -0.2) is 34.1 Å². The average Bonchev–Trinajstić information content (AvgIpc) is 2.26. The van der Waals surface area contributed by atoms with Gasteiger partial charge in [0.1, 0.15) is 0 Å². The summed E-state index contributed by atoms with van der Waals surface area (Å²) in [7, 11) is 0. The molecule has 5 nitrogen and oxygen atoms in total. The van der Waals surface area contributed by atoms with Crippen molar-refractivity contribution in [1.29, 1.82) is 0 Å². The number of aromatic nitrogens is 2. The van der Waals surface area contributed by atoms with Crippen LogP contribution in [0.4, 0.5) is 0 Å². The van der Waals surface area contributed by atoms with Gasteiger partial charge in [0.15, 0.2) is 0 Å². The Morgan fingerprint density at radius 2 is 1.94 bits per heavy atom. The molecule has 0 aliphatic rings. The van der Waals surface area contributed by atoms with E-state index in [1.54, 1.807) is 17.7 Å². The zero-order chi connectivity index (χ0) is 12.1. The molecule has 0 atom stereocenters. The van der Waals surface area contributed by atoms with E-state index in [9.17, 15) is 9.59 Å². The molecule has 1 aromatic rings. The topological polar surface area (TPSA) is 58.1 Å². The largest absolute Gasteiger partial charge is 0.328 e. The highest BCUT2D eigenvalue weighted by molar-refractivity contribution is 5.00. The first-order valence-corrected chi connectivity index (χ1v) is 5.61. The van der Waals surface area contributed by atoms with Crippen LogP contribution < -0.4 is 11.2 Å². The zero-order valence-corrected chi connectivity index (χ0v) is 10.1. The van der Waals surface area contributed by atoms with E-state index in [4.69, 9.17) is 0 Å². The Kier molecular flexibility index (Phi) is 4.49. The van der Waals surface area contributed by atoms with E-state index in [2.05, 4.69) is 23.7 Å². The second kappa shape index (κ2) is 5.65. The van der Waals surface area contributed by atoms with E-state index in [0.717, 1.165) is 19.6 Å². The van der Waals surface area contributed by atoms with Gasteiger partial charge in [0.2, 0.25) is 0 Å². The van der Waals surface area contributed by atoms with Gasteiger partial charge in [-0.2, -0.15) is 0 Å². The molecule has 0 saturated heterocycles. The van der Waals surface area contributed by atoms with Gasteiger partial charge in [0.25, 0.3) is 5.56 Å². The number of likely N-dealkylation sites (N-methyl/N-ethyl adjacent to an activating group) is 1. The average molecular weight is 225 g/mol. The van der Waals surface area contributed by atoms with E-state index in [1.165, 1.54) is 0 Å². The molecule has 0 radical (unpaired) electrons. The lowest BCUT2D eigenvalue weighted by Crippen LogP contribution is -2.35. The standard InChI is InChI=1S/C11H19N3O2/c1-4-13(5-2)6-7-14-8-9(3)10(15)12-11(14)16/h8H,4-7H2,1-3H3,(H,12,15,16). The van der Waals surface area contributed by atoms with Crippen molar-refractivity contribution in [1.82, 2.24) is 14.5 Å².